The molecule has 4 rings (SSSR count). The summed E-state index contributed by atoms with van der Waals surface area (Å²) in [6.07, 6.45) is 1.23. The number of nitrogens with two attached hydrogens (primary N) is 1. The smallest absolute Gasteiger partial charge is 0.380 e. The number of rotatable bonds is 7. The molecule has 6 nitrogen and oxygen atoms in total. The molecule has 9 heteroatoms. The first-order chi connectivity index (χ1) is 16.9. The van der Waals surface area contributed by atoms with Crippen LogP contribution in [0.4, 0.5) is 18.9 Å². The van der Waals surface area contributed by atoms with Crippen molar-refractivity contribution in [1.29, 1.82) is 0 Å². The van der Waals surface area contributed by atoms with E-state index in [-0.39, 0.29) is 17.0 Å². The molecule has 1 fully saturated rings. The van der Waals surface area contributed by atoms with Gasteiger partial charge < -0.3 is 11.1 Å². The van der Waals surface area contributed by atoms with Gasteiger partial charge in [-0.25, -0.2) is 4.68 Å². The van der Waals surface area contributed by atoms with Gasteiger partial charge in [-0.05, 0) is 68.8 Å². The largest absolute Gasteiger partial charge is 0.435 e. The molecule has 2 atom stereocenters. The maximum absolute atomic E-state index is 13.9. The fourth-order valence-corrected chi connectivity index (χ4v) is 5.98. The van der Waals surface area contributed by atoms with Crippen molar-refractivity contribution in [3.63, 3.8) is 0 Å². The molecule has 36 heavy (non-hydrogen) atoms. The molecule has 1 aromatic carbocycles. The first-order valence-electron chi connectivity index (χ1n) is 13.1. The average molecular weight is 506 g/mol. The van der Waals surface area contributed by atoms with Gasteiger partial charge in [-0.1, -0.05) is 40.5 Å². The summed E-state index contributed by atoms with van der Waals surface area (Å²) in [7, 11) is 0. The zero-order valence-corrected chi connectivity index (χ0v) is 21.7. The number of alkyl halides is 3. The molecule has 2 aromatic rings. The van der Waals surface area contributed by atoms with Crippen molar-refractivity contribution < 1.29 is 18.0 Å². The number of hydrogen-bond donors (Lipinski definition) is 2. The van der Waals surface area contributed by atoms with E-state index in [9.17, 15) is 18.0 Å². The lowest BCUT2D eigenvalue weighted by Gasteiger charge is -2.40. The SMILES string of the molecule is CCN(CC)[C@H]1CCCC[C@@H]1Nc1cc(-n2nc(C(F)(F)F)c3c2CC(C)(C)CC3)ccc1C(N)=O. The molecule has 1 heterocycles. The number of amides is 1. The Labute approximate surface area is 211 Å². The van der Waals surface area contributed by atoms with Crippen LogP contribution in [0, 0.1) is 5.41 Å². The number of likely N-dealkylation sites (N-methyl/N-ethyl adjacent to an activating group) is 1. The highest BCUT2D eigenvalue weighted by Crippen LogP contribution is 2.42. The van der Waals surface area contributed by atoms with Crippen molar-refractivity contribution in [3.05, 3.63) is 40.7 Å². The number of fused-ring (bicyclic) bond motifs is 1. The van der Waals surface area contributed by atoms with Crippen LogP contribution in [0.25, 0.3) is 5.69 Å². The van der Waals surface area contributed by atoms with Crippen LogP contribution in [0.15, 0.2) is 18.2 Å². The van der Waals surface area contributed by atoms with Crippen LogP contribution >= 0.6 is 0 Å². The second-order valence-electron chi connectivity index (χ2n) is 10.9. The second kappa shape index (κ2) is 10.1. The van der Waals surface area contributed by atoms with Gasteiger partial charge in [-0.3, -0.25) is 9.69 Å². The van der Waals surface area contributed by atoms with Gasteiger partial charge in [0.05, 0.1) is 11.3 Å². The van der Waals surface area contributed by atoms with E-state index in [1.807, 2.05) is 0 Å². The maximum atomic E-state index is 13.9. The molecule has 1 saturated carbocycles. The summed E-state index contributed by atoms with van der Waals surface area (Å²) < 4.78 is 43.1. The summed E-state index contributed by atoms with van der Waals surface area (Å²) in [6, 6.07) is 5.41. The normalized spacial score (nSPS) is 21.9. The lowest BCUT2D eigenvalue weighted by Crippen LogP contribution is -2.48. The summed E-state index contributed by atoms with van der Waals surface area (Å²) in [4.78, 5) is 14.7. The standard InChI is InChI=1S/C27H38F3N5O/c1-5-34(6-2)22-10-8-7-9-20(22)32-21-15-17(11-12-18(21)25(31)36)35-23-16-26(3,4)14-13-19(23)24(33-35)27(28,29)30/h11-12,15,20,22,32H,5-10,13-14,16H2,1-4H3,(H2,31,36)/t20-,22-/m0/s1. The number of anilines is 1. The number of primary amides is 1. The monoisotopic (exact) mass is 505 g/mol. The molecule has 0 aliphatic heterocycles. The third-order valence-electron chi connectivity index (χ3n) is 7.92. The molecule has 2 aliphatic rings. The minimum absolute atomic E-state index is 0.114. The van der Waals surface area contributed by atoms with Crippen molar-refractivity contribution >= 4 is 11.6 Å². The predicted molar refractivity (Wildman–Crippen MR) is 135 cm³/mol. The Bertz CT molecular complexity index is 1100. The number of carbonyl (C=O) groups excluding carboxylic acids is 1. The van der Waals surface area contributed by atoms with Crippen molar-refractivity contribution in [3.8, 4) is 5.69 Å². The molecular weight excluding hydrogens is 467 g/mol. The van der Waals surface area contributed by atoms with Crippen molar-refractivity contribution in [2.45, 2.75) is 90.9 Å². The van der Waals surface area contributed by atoms with E-state index in [0.717, 1.165) is 38.8 Å². The van der Waals surface area contributed by atoms with Crippen molar-refractivity contribution in [2.24, 2.45) is 11.1 Å². The Hall–Kier alpha value is -2.55. The zero-order chi connectivity index (χ0) is 26.3. The first-order valence-corrected chi connectivity index (χ1v) is 13.1. The lowest BCUT2D eigenvalue weighted by atomic mass is 9.76. The molecule has 0 bridgehead atoms. The van der Waals surface area contributed by atoms with E-state index in [1.165, 1.54) is 4.68 Å². The van der Waals surface area contributed by atoms with Gasteiger partial charge in [0.15, 0.2) is 5.69 Å². The Morgan fingerprint density at radius 1 is 1.22 bits per heavy atom. The van der Waals surface area contributed by atoms with Crippen LogP contribution < -0.4 is 11.1 Å². The summed E-state index contributed by atoms with van der Waals surface area (Å²) in [5.41, 5.74) is 7.03. The molecule has 0 spiro atoms. The Morgan fingerprint density at radius 2 is 1.92 bits per heavy atom. The quantitative estimate of drug-likeness (QED) is 0.516. The molecule has 1 amide bonds. The number of carbonyl (C=O) groups is 1. The molecule has 0 radical (unpaired) electrons. The van der Waals surface area contributed by atoms with Crippen LogP contribution in [0.2, 0.25) is 0 Å². The van der Waals surface area contributed by atoms with Crippen LogP contribution in [0.1, 0.15) is 87.1 Å². The number of benzene rings is 1. The second-order valence-corrected chi connectivity index (χ2v) is 10.9. The van der Waals surface area contributed by atoms with E-state index >= 15 is 0 Å². The van der Waals surface area contributed by atoms with Gasteiger partial charge in [-0.2, -0.15) is 18.3 Å². The van der Waals surface area contributed by atoms with Crippen LogP contribution in [0.3, 0.4) is 0 Å². The molecular formula is C27H38F3N5O. The van der Waals surface area contributed by atoms with Crippen LogP contribution in [-0.2, 0) is 19.0 Å². The zero-order valence-electron chi connectivity index (χ0n) is 21.7. The summed E-state index contributed by atoms with van der Waals surface area (Å²) in [6.45, 7) is 10.3. The maximum Gasteiger partial charge on any atom is 0.435 e. The average Bonchev–Trinajstić information content (AvgIpc) is 3.19. The van der Waals surface area contributed by atoms with E-state index in [1.54, 1.807) is 18.2 Å². The van der Waals surface area contributed by atoms with Gasteiger partial charge in [-0.15, -0.1) is 0 Å². The fraction of sp³-hybridized carbons (Fsp3) is 0.630. The fourth-order valence-electron chi connectivity index (χ4n) is 5.98. The predicted octanol–water partition coefficient (Wildman–Crippen LogP) is 5.57. The highest BCUT2D eigenvalue weighted by Gasteiger charge is 2.42. The highest BCUT2D eigenvalue weighted by molar-refractivity contribution is 5.99. The number of nitrogens with zero attached hydrogens (tertiary/aromatic N) is 3. The van der Waals surface area contributed by atoms with Crippen LogP contribution in [0.5, 0.6) is 0 Å². The van der Waals surface area contributed by atoms with Crippen LogP contribution in [-0.4, -0.2) is 45.8 Å². The summed E-state index contributed by atoms with van der Waals surface area (Å²) in [5, 5.41) is 7.64. The Kier molecular flexibility index (Phi) is 7.42. The number of halogens is 3. The minimum Gasteiger partial charge on any atom is -0.380 e. The third-order valence-corrected chi connectivity index (χ3v) is 7.92. The number of hydrogen-bond acceptors (Lipinski definition) is 4. The highest BCUT2D eigenvalue weighted by atomic mass is 19.4. The Balaban J connectivity index is 1.77. The third kappa shape index (κ3) is 5.26. The van der Waals surface area contributed by atoms with Gasteiger partial charge in [0.25, 0.3) is 5.91 Å². The molecule has 198 valence electrons. The molecule has 0 unspecified atom stereocenters. The molecule has 0 saturated heterocycles. The summed E-state index contributed by atoms with van der Waals surface area (Å²) in [5.74, 6) is -0.571. The van der Waals surface area contributed by atoms with Gasteiger partial charge in [0, 0.05) is 29.0 Å². The van der Waals surface area contributed by atoms with E-state index in [4.69, 9.17) is 5.73 Å². The molecule has 2 aliphatic carbocycles. The van der Waals surface area contributed by atoms with Crippen molar-refractivity contribution in [2.75, 3.05) is 18.4 Å². The van der Waals surface area contributed by atoms with Gasteiger partial charge >= 0.3 is 6.18 Å². The lowest BCUT2D eigenvalue weighted by molar-refractivity contribution is -0.142. The minimum atomic E-state index is -4.52. The number of nitrogens with one attached hydrogen (secondary N) is 1. The Morgan fingerprint density at radius 3 is 2.56 bits per heavy atom. The first kappa shape index (κ1) is 26.5. The van der Waals surface area contributed by atoms with E-state index < -0.39 is 17.8 Å². The molecule has 1 aromatic heterocycles. The van der Waals surface area contributed by atoms with E-state index in [2.05, 4.69) is 43.0 Å². The summed E-state index contributed by atoms with van der Waals surface area (Å²) >= 11 is 0. The van der Waals surface area contributed by atoms with Crippen molar-refractivity contribution in [1.82, 2.24) is 14.7 Å². The van der Waals surface area contributed by atoms with Gasteiger partial charge in [0.1, 0.15) is 0 Å². The topological polar surface area (TPSA) is 76.2 Å². The number of aromatic nitrogens is 2. The van der Waals surface area contributed by atoms with E-state index in [0.29, 0.717) is 47.9 Å². The van der Waals surface area contributed by atoms with Gasteiger partial charge in [0.2, 0.25) is 0 Å². The molecule has 3 N–H and O–H groups in total.